The minimum Gasteiger partial charge on any atom is -0.338 e. The van der Waals surface area contributed by atoms with E-state index in [-0.39, 0.29) is 5.41 Å². The van der Waals surface area contributed by atoms with E-state index in [0.29, 0.717) is 35.8 Å². The van der Waals surface area contributed by atoms with E-state index in [1.165, 1.54) is 238 Å². The molecule has 5 nitrogen and oxygen atoms in total. The van der Waals surface area contributed by atoms with E-state index in [2.05, 4.69) is 387 Å². The van der Waals surface area contributed by atoms with Crippen molar-refractivity contribution in [2.45, 2.75) is 204 Å². The van der Waals surface area contributed by atoms with Crippen LogP contribution in [0.1, 0.15) is 227 Å². The maximum absolute atomic E-state index is 8.13. The molecule has 16 aromatic rings. The first-order valence-electron chi connectivity index (χ1n) is 43.4. The Kier molecular flexibility index (Phi) is 23.7. The van der Waals surface area contributed by atoms with Gasteiger partial charge in [-0.1, -0.05) is 178 Å². The predicted octanol–water partition coefficient (Wildman–Crippen LogP) is 28.7. The highest BCUT2D eigenvalue weighted by molar-refractivity contribution is 7.17. The van der Waals surface area contributed by atoms with Crippen molar-refractivity contribution >= 4 is 86.3 Å². The van der Waals surface area contributed by atoms with E-state index < -0.39 is 0 Å². The third-order valence-corrected chi connectivity index (χ3v) is 27.2. The first-order chi connectivity index (χ1) is 55.9. The third-order valence-electron chi connectivity index (χ3n) is 26.3. The SMILES string of the molecule is CCC(CC)c1ccc2c(-c3cc4c(cc3C)-c3ccccc3C4(C)C)[n+](C)ccc2c1.CCC(CC)c1ccc2c(-c3cc4c(cc3C)c3ccccc3n4C(C)C)[n+](C)ccc2c1.CCC(CC)c1ccc2c(-c3cc4sccc4cc3C)[n+](C)ccc2c1.[2H]c1cc(C)c(C)c(-c2c3ccc(C(CC)CC)cc3cc[n+]2C)c1. The number of para-hydroxylation sites is 1. The van der Waals surface area contributed by atoms with Crippen LogP contribution in [0, 0.1) is 34.6 Å². The van der Waals surface area contributed by atoms with Crippen molar-refractivity contribution in [3.8, 4) is 56.2 Å². The zero-order chi connectivity index (χ0) is 82.3. The largest absolute Gasteiger partial charge is 0.338 e. The number of aromatic nitrogens is 5. The van der Waals surface area contributed by atoms with Crippen LogP contribution in [0.3, 0.4) is 0 Å². The molecule has 0 fully saturated rings. The highest BCUT2D eigenvalue weighted by atomic mass is 32.1. The Morgan fingerprint density at radius 1 is 0.339 bits per heavy atom. The molecule has 0 N–H and O–H groups in total. The maximum Gasteiger partial charge on any atom is 0.220 e. The van der Waals surface area contributed by atoms with E-state index in [4.69, 9.17) is 1.37 Å². The average Bonchev–Trinajstić information content (AvgIpc) is 1.57. The summed E-state index contributed by atoms with van der Waals surface area (Å²) in [4.78, 5) is 0. The van der Waals surface area contributed by atoms with Crippen LogP contribution in [0.2, 0.25) is 0 Å². The van der Waals surface area contributed by atoms with Gasteiger partial charge < -0.3 is 4.57 Å². The van der Waals surface area contributed by atoms with Gasteiger partial charge in [-0.15, -0.1) is 11.3 Å². The normalized spacial score (nSPS) is 12.6. The molecule has 0 saturated carbocycles. The number of hydrogen-bond donors (Lipinski definition) is 0. The van der Waals surface area contributed by atoms with Gasteiger partial charge in [0.2, 0.25) is 22.8 Å². The van der Waals surface area contributed by atoms with Crippen molar-refractivity contribution in [3.63, 3.8) is 0 Å². The lowest BCUT2D eigenvalue weighted by atomic mass is 9.81. The highest BCUT2D eigenvalue weighted by Crippen LogP contribution is 2.51. The Bertz CT molecular complexity index is 6360. The van der Waals surface area contributed by atoms with Gasteiger partial charge in [-0.2, -0.15) is 0 Å². The molecule has 0 amide bonds. The molecule has 10 aromatic carbocycles. The summed E-state index contributed by atoms with van der Waals surface area (Å²) in [5, 5.41) is 16.8. The monoisotopic (exact) mass is 1530 g/mol. The number of hydrogen-bond acceptors (Lipinski definition) is 1. The summed E-state index contributed by atoms with van der Waals surface area (Å²) >= 11 is 1.82. The summed E-state index contributed by atoms with van der Waals surface area (Å²) in [6.45, 7) is 38.6. The molecule has 0 aliphatic heterocycles. The minimum absolute atomic E-state index is 0.0141. The Morgan fingerprint density at radius 2 is 0.748 bits per heavy atom. The van der Waals surface area contributed by atoms with Crippen molar-refractivity contribution in [3.05, 3.63) is 298 Å². The van der Waals surface area contributed by atoms with Crippen LogP contribution in [0.4, 0.5) is 0 Å². The molecule has 6 aromatic heterocycles. The average molecular weight is 1540 g/mol. The van der Waals surface area contributed by atoms with Gasteiger partial charge >= 0.3 is 0 Å². The number of aryl methyl sites for hydroxylation is 8. The molecular formula is C109H123N5S+4. The fraction of sp³-hybridized carbons (Fsp3) is 0.321. The maximum atomic E-state index is 8.13. The van der Waals surface area contributed by atoms with E-state index in [0.717, 1.165) is 5.56 Å². The van der Waals surface area contributed by atoms with Crippen LogP contribution in [-0.4, -0.2) is 4.57 Å². The zero-order valence-corrected chi connectivity index (χ0v) is 73.4. The lowest BCUT2D eigenvalue weighted by Crippen LogP contribution is -2.31. The zero-order valence-electron chi connectivity index (χ0n) is 73.6. The molecule has 17 rings (SSSR count). The van der Waals surface area contributed by atoms with E-state index in [1.807, 2.05) is 23.5 Å². The van der Waals surface area contributed by atoms with E-state index >= 15 is 0 Å². The molecule has 0 saturated heterocycles. The molecule has 6 heterocycles. The second kappa shape index (κ2) is 34.2. The van der Waals surface area contributed by atoms with Gasteiger partial charge in [0.15, 0.2) is 24.8 Å². The van der Waals surface area contributed by atoms with Gasteiger partial charge in [0.1, 0.15) is 28.2 Å². The minimum atomic E-state index is 0.0141. The van der Waals surface area contributed by atoms with Crippen LogP contribution in [0.5, 0.6) is 0 Å². The number of pyridine rings is 4. The first kappa shape index (κ1) is 79.8. The lowest BCUT2D eigenvalue weighted by molar-refractivity contribution is -0.659. The molecule has 6 heteroatoms. The van der Waals surface area contributed by atoms with Crippen molar-refractivity contribution in [2.24, 2.45) is 28.2 Å². The summed E-state index contributed by atoms with van der Waals surface area (Å²) in [6, 6.07) is 76.4. The Morgan fingerprint density at radius 3 is 1.21 bits per heavy atom. The predicted molar refractivity (Wildman–Crippen MR) is 496 cm³/mol. The fourth-order valence-electron chi connectivity index (χ4n) is 19.3. The first-order valence-corrected chi connectivity index (χ1v) is 43.8. The molecule has 115 heavy (non-hydrogen) atoms. The topological polar surface area (TPSA) is 20.4 Å². The Balaban J connectivity index is 0.000000128. The third kappa shape index (κ3) is 15.4. The van der Waals surface area contributed by atoms with E-state index in [9.17, 15) is 0 Å². The smallest absolute Gasteiger partial charge is 0.220 e. The molecule has 0 radical (unpaired) electrons. The summed E-state index contributed by atoms with van der Waals surface area (Å²) in [6.07, 6.45) is 18.3. The molecule has 0 unspecified atom stereocenters. The van der Waals surface area contributed by atoms with Gasteiger partial charge in [-0.25, -0.2) is 18.3 Å². The lowest BCUT2D eigenvalue weighted by Gasteiger charge is -2.22. The van der Waals surface area contributed by atoms with Crippen LogP contribution in [0.25, 0.3) is 131 Å². The number of rotatable bonds is 17. The number of benzene rings is 10. The van der Waals surface area contributed by atoms with Crippen LogP contribution >= 0.6 is 11.3 Å². The molecule has 1 aliphatic carbocycles. The second-order valence-electron chi connectivity index (χ2n) is 33.9. The van der Waals surface area contributed by atoms with Crippen molar-refractivity contribution in [1.29, 1.82) is 0 Å². The summed E-state index contributed by atoms with van der Waals surface area (Å²) in [7, 11) is 8.60. The van der Waals surface area contributed by atoms with Crippen molar-refractivity contribution < 1.29 is 19.6 Å². The van der Waals surface area contributed by atoms with Crippen LogP contribution in [0.15, 0.2) is 236 Å². The molecular weight excluding hydrogens is 1410 g/mol. The van der Waals surface area contributed by atoms with Gasteiger partial charge in [0.25, 0.3) is 0 Å². The van der Waals surface area contributed by atoms with Crippen LogP contribution < -0.4 is 18.3 Å². The molecule has 586 valence electrons. The standard InChI is InChI=1S/C31H35N2.C31H34N.C24H26NS.C23H28N/c1-7-22(8-2)23-13-14-25-24(18-23)15-16-32(6)31(25)27-19-30-28(17-21(27)5)26-11-9-10-12-29(26)33(30)20(3)4;1-7-21(8-2)22-13-14-24-23(18-22)15-16-32(6)30(24)26-19-29-27(17-20(26)3)25-11-9-10-12-28(25)31(29,4)5;1-5-17(6-2)18-7-8-21-19(14-18)9-11-25(4)24(21)22-15-23-20(10-12-26-23)13-16(22)3;1-6-18(7-2)19-11-12-22-20(15-19)13-14-24(5)23(22)21-10-8-9-16(3)17(21)4/h9-20,22H,7-8H2,1-6H3;9-19,21H,7-8H2,1-6H3;7-15,17H,5-6H2,1-4H3;8-15,18H,6-7H2,1-5H3/q4*+1/i;;;8D. The van der Waals surface area contributed by atoms with Gasteiger partial charge in [-0.3, -0.25) is 0 Å². The summed E-state index contributed by atoms with van der Waals surface area (Å²) in [5.74, 6) is 2.55. The Labute approximate surface area is 692 Å². The Hall–Kier alpha value is -10.4. The second-order valence-corrected chi connectivity index (χ2v) is 34.8. The summed E-state index contributed by atoms with van der Waals surface area (Å²) in [5.41, 5.74) is 30.8. The molecule has 1 aliphatic rings. The molecule has 0 atom stereocenters. The quantitative estimate of drug-likeness (QED) is 0.0810. The number of thiophene rings is 1. The van der Waals surface area contributed by atoms with Gasteiger partial charge in [-0.05, 0) is 301 Å². The van der Waals surface area contributed by atoms with Gasteiger partial charge in [0, 0.05) is 62.3 Å². The highest BCUT2D eigenvalue weighted by Gasteiger charge is 2.37. The molecule has 0 bridgehead atoms. The van der Waals surface area contributed by atoms with Crippen molar-refractivity contribution in [1.82, 2.24) is 4.57 Å². The summed E-state index contributed by atoms with van der Waals surface area (Å²) < 4.78 is 21.0. The fourth-order valence-corrected chi connectivity index (χ4v) is 20.2. The van der Waals surface area contributed by atoms with E-state index in [1.54, 1.807) is 0 Å². The number of nitrogens with zero attached hydrogens (tertiary/aromatic N) is 5. The van der Waals surface area contributed by atoms with Crippen molar-refractivity contribution in [2.75, 3.05) is 0 Å². The molecule has 0 spiro atoms. The number of fused-ring (bicyclic) bond motifs is 11. The van der Waals surface area contributed by atoms with Gasteiger partial charge in [0.05, 0.1) is 45.1 Å². The van der Waals surface area contributed by atoms with Crippen LogP contribution in [-0.2, 0) is 33.6 Å².